The second-order valence-electron chi connectivity index (χ2n) is 9.66. The molecule has 0 atom stereocenters. The molecule has 9 heteroatoms. The molecule has 0 amide bonds. The fraction of sp³-hybridized carbons (Fsp3) is 1.00. The molecular formula is C24H54N6O3. The normalized spacial score (nSPS) is 16.6. The van der Waals surface area contributed by atoms with Gasteiger partial charge in [-0.15, -0.1) is 0 Å². The number of ether oxygens (including phenoxy) is 3. The summed E-state index contributed by atoms with van der Waals surface area (Å²) in [5.74, 6) is 0. The minimum Gasteiger partial charge on any atom is -0.380 e. The van der Waals surface area contributed by atoms with E-state index in [-0.39, 0.29) is 0 Å². The first-order valence-electron chi connectivity index (χ1n) is 12.8. The van der Waals surface area contributed by atoms with Crippen LogP contribution in [0.25, 0.3) is 0 Å². The molecular weight excluding hydrogens is 420 g/mol. The third kappa shape index (κ3) is 16.8. The van der Waals surface area contributed by atoms with Crippen LogP contribution in [0.15, 0.2) is 0 Å². The Morgan fingerprint density at radius 1 is 0.515 bits per heavy atom. The van der Waals surface area contributed by atoms with Crippen LogP contribution in [-0.4, -0.2) is 164 Å². The summed E-state index contributed by atoms with van der Waals surface area (Å²) in [4.78, 5) is 6.49. The molecule has 1 aliphatic rings. The van der Waals surface area contributed by atoms with Gasteiger partial charge in [0.1, 0.15) is 0 Å². The molecule has 0 unspecified atom stereocenters. The molecule has 1 saturated heterocycles. The van der Waals surface area contributed by atoms with Gasteiger partial charge >= 0.3 is 0 Å². The molecule has 1 aliphatic heterocycles. The molecule has 198 valence electrons. The third-order valence-electron chi connectivity index (χ3n) is 5.59. The van der Waals surface area contributed by atoms with E-state index < -0.39 is 0 Å². The Balaban J connectivity index is 2.41. The van der Waals surface area contributed by atoms with Crippen molar-refractivity contribution >= 4 is 0 Å². The highest BCUT2D eigenvalue weighted by Crippen LogP contribution is 2.15. The van der Waals surface area contributed by atoms with Gasteiger partial charge in [0, 0.05) is 72.2 Å². The Labute approximate surface area is 204 Å². The summed E-state index contributed by atoms with van der Waals surface area (Å²) in [6, 6.07) is 0. The first-order chi connectivity index (χ1) is 15.9. The van der Waals surface area contributed by atoms with Gasteiger partial charge in [0.2, 0.25) is 0 Å². The predicted molar refractivity (Wildman–Crippen MR) is 136 cm³/mol. The van der Waals surface area contributed by atoms with Crippen LogP contribution in [0.3, 0.4) is 0 Å². The van der Waals surface area contributed by atoms with E-state index in [1.807, 2.05) is 0 Å². The largest absolute Gasteiger partial charge is 0.380 e. The van der Waals surface area contributed by atoms with Crippen LogP contribution < -0.4 is 0 Å². The fourth-order valence-electron chi connectivity index (χ4n) is 3.64. The lowest BCUT2D eigenvalue weighted by molar-refractivity contribution is -0.214. The van der Waals surface area contributed by atoms with E-state index in [1.54, 1.807) is 0 Å². The van der Waals surface area contributed by atoms with Gasteiger partial charge < -0.3 is 28.9 Å². The summed E-state index contributed by atoms with van der Waals surface area (Å²) >= 11 is 0. The maximum atomic E-state index is 5.84. The fourth-order valence-corrected chi connectivity index (χ4v) is 3.64. The molecule has 0 bridgehead atoms. The lowest BCUT2D eigenvalue weighted by Crippen LogP contribution is -2.59. The summed E-state index contributed by atoms with van der Waals surface area (Å²) in [6.07, 6.45) is 4.37. The lowest BCUT2D eigenvalue weighted by Gasteiger charge is -2.46. The van der Waals surface area contributed by atoms with E-state index in [0.717, 1.165) is 111 Å². The minimum atomic E-state index is 0.801. The number of hydrazine groups is 2. The Morgan fingerprint density at radius 3 is 1.24 bits per heavy atom. The van der Waals surface area contributed by atoms with Crippen molar-refractivity contribution in [2.45, 2.75) is 25.7 Å². The topological polar surface area (TPSA) is 47.1 Å². The minimum absolute atomic E-state index is 0.801. The van der Waals surface area contributed by atoms with Crippen molar-refractivity contribution in [2.24, 2.45) is 0 Å². The van der Waals surface area contributed by atoms with Gasteiger partial charge in [-0.25, -0.2) is 10.0 Å². The predicted octanol–water partition coefficient (Wildman–Crippen LogP) is 1.03. The van der Waals surface area contributed by atoms with Gasteiger partial charge in [0.15, 0.2) is 0 Å². The maximum absolute atomic E-state index is 5.84. The van der Waals surface area contributed by atoms with Gasteiger partial charge in [-0.2, -0.15) is 5.12 Å². The van der Waals surface area contributed by atoms with E-state index in [2.05, 4.69) is 72.1 Å². The molecule has 0 N–H and O–H groups in total. The molecule has 1 rings (SSSR count). The number of likely N-dealkylation sites (N-methyl/N-ethyl adjacent to an activating group) is 3. The molecule has 0 aromatic heterocycles. The highest BCUT2D eigenvalue weighted by Gasteiger charge is 2.25. The van der Waals surface area contributed by atoms with Crippen molar-refractivity contribution in [1.82, 2.24) is 29.8 Å². The Bertz CT molecular complexity index is 414. The SMILES string of the molecule is CN(C)CCOCCCN1CCCN(CCCOCCN(C)C)N1CCCOCCN(C)C. The van der Waals surface area contributed by atoms with Crippen molar-refractivity contribution in [3.05, 3.63) is 0 Å². The van der Waals surface area contributed by atoms with Crippen LogP contribution in [0.5, 0.6) is 0 Å². The van der Waals surface area contributed by atoms with Gasteiger partial charge in [-0.05, 0) is 68.0 Å². The number of hydrogen-bond donors (Lipinski definition) is 0. The molecule has 1 heterocycles. The number of nitrogens with zero attached hydrogens (tertiary/aromatic N) is 6. The van der Waals surface area contributed by atoms with Crippen molar-refractivity contribution < 1.29 is 14.2 Å². The van der Waals surface area contributed by atoms with E-state index >= 15 is 0 Å². The molecule has 0 aliphatic carbocycles. The third-order valence-corrected chi connectivity index (χ3v) is 5.59. The quantitative estimate of drug-likeness (QED) is 0.227. The summed E-state index contributed by atoms with van der Waals surface area (Å²) in [7, 11) is 12.5. The van der Waals surface area contributed by atoms with Crippen LogP contribution in [0.1, 0.15) is 25.7 Å². The summed E-state index contributed by atoms with van der Waals surface area (Å²) < 4.78 is 17.5. The van der Waals surface area contributed by atoms with Crippen molar-refractivity contribution in [3.8, 4) is 0 Å². The van der Waals surface area contributed by atoms with Crippen LogP contribution in [0.4, 0.5) is 0 Å². The number of rotatable bonds is 21. The van der Waals surface area contributed by atoms with E-state index in [0.29, 0.717) is 0 Å². The Morgan fingerprint density at radius 2 is 0.879 bits per heavy atom. The lowest BCUT2D eigenvalue weighted by atomic mass is 10.3. The first kappa shape index (κ1) is 30.7. The number of hydrogen-bond acceptors (Lipinski definition) is 9. The summed E-state index contributed by atoms with van der Waals surface area (Å²) in [5, 5.41) is 7.52. The van der Waals surface area contributed by atoms with Crippen LogP contribution >= 0.6 is 0 Å². The molecule has 33 heavy (non-hydrogen) atoms. The van der Waals surface area contributed by atoms with Crippen molar-refractivity contribution in [2.75, 3.05) is 134 Å². The highest BCUT2D eigenvalue weighted by atomic mass is 16.5. The molecule has 0 saturated carbocycles. The standard InChI is InChI=1S/C24H54N6O3/c1-25(2)16-22-31-19-8-13-28-11-7-12-29(14-9-20-32-23-17-26(3)4)30(28)15-10-21-33-24-18-27(5)6/h7-24H2,1-6H3. The molecule has 0 spiro atoms. The summed E-state index contributed by atoms with van der Waals surface area (Å²) in [5.41, 5.74) is 0. The van der Waals surface area contributed by atoms with E-state index in [4.69, 9.17) is 14.2 Å². The van der Waals surface area contributed by atoms with Crippen molar-refractivity contribution in [3.63, 3.8) is 0 Å². The van der Waals surface area contributed by atoms with Gasteiger partial charge in [0.05, 0.1) is 19.8 Å². The molecule has 0 radical (unpaired) electrons. The second-order valence-corrected chi connectivity index (χ2v) is 9.66. The first-order valence-corrected chi connectivity index (χ1v) is 12.8. The molecule has 0 aromatic carbocycles. The van der Waals surface area contributed by atoms with Crippen molar-refractivity contribution in [1.29, 1.82) is 0 Å². The zero-order valence-electron chi connectivity index (χ0n) is 22.6. The zero-order valence-corrected chi connectivity index (χ0v) is 22.6. The summed E-state index contributed by atoms with van der Waals surface area (Å²) in [6.45, 7) is 13.1. The smallest absolute Gasteiger partial charge is 0.0593 e. The average Bonchev–Trinajstić information content (AvgIpc) is 2.75. The monoisotopic (exact) mass is 474 g/mol. The van der Waals surface area contributed by atoms with Crippen LogP contribution in [0, 0.1) is 0 Å². The maximum Gasteiger partial charge on any atom is 0.0593 e. The second kappa shape index (κ2) is 19.9. The van der Waals surface area contributed by atoms with E-state index in [9.17, 15) is 0 Å². The molecule has 0 aromatic rings. The van der Waals surface area contributed by atoms with Gasteiger partial charge in [-0.3, -0.25) is 0 Å². The zero-order chi connectivity index (χ0) is 24.3. The highest BCUT2D eigenvalue weighted by molar-refractivity contribution is 4.67. The van der Waals surface area contributed by atoms with Crippen LogP contribution in [0.2, 0.25) is 0 Å². The van der Waals surface area contributed by atoms with Crippen LogP contribution in [-0.2, 0) is 14.2 Å². The average molecular weight is 475 g/mol. The Kier molecular flexibility index (Phi) is 18.5. The molecule has 1 fully saturated rings. The van der Waals surface area contributed by atoms with Gasteiger partial charge in [0.25, 0.3) is 0 Å². The van der Waals surface area contributed by atoms with E-state index in [1.165, 1.54) is 6.42 Å². The van der Waals surface area contributed by atoms with Gasteiger partial charge in [-0.1, -0.05) is 0 Å². The Hall–Kier alpha value is -0.360. The molecule has 9 nitrogen and oxygen atoms in total.